The number of aliphatic imine (C=N–C) groups is 1. The number of alkyl halides is 2. The lowest BCUT2D eigenvalue weighted by Gasteiger charge is -2.14. The Labute approximate surface area is 167 Å². The van der Waals surface area contributed by atoms with Crippen molar-refractivity contribution < 1.29 is 22.6 Å². The van der Waals surface area contributed by atoms with Gasteiger partial charge in [0.2, 0.25) is 0 Å². The standard InChI is InChI=1S/C20H21F3N4O2/c1-3-25-20(26-11-14-8-13(10-24)4-6-17(14)21)27-12-15-9-16(28-2)5-7-18(15)29-19(22)23/h4-9,19H,3,11-12H2,1-2H3,(H2,25,26,27). The van der Waals surface area contributed by atoms with Crippen LogP contribution in [0.25, 0.3) is 0 Å². The molecule has 154 valence electrons. The molecule has 9 heteroatoms. The largest absolute Gasteiger partial charge is 0.497 e. The van der Waals surface area contributed by atoms with Gasteiger partial charge in [-0.1, -0.05) is 0 Å². The lowest BCUT2D eigenvalue weighted by molar-refractivity contribution is -0.0504. The van der Waals surface area contributed by atoms with Crippen LogP contribution in [0.2, 0.25) is 0 Å². The van der Waals surface area contributed by atoms with Crippen molar-refractivity contribution in [3.05, 3.63) is 58.9 Å². The summed E-state index contributed by atoms with van der Waals surface area (Å²) in [5.74, 6) is 0.367. The molecule has 0 aliphatic rings. The van der Waals surface area contributed by atoms with Crippen LogP contribution in [0.15, 0.2) is 41.4 Å². The Hall–Kier alpha value is -3.41. The van der Waals surface area contributed by atoms with Gasteiger partial charge in [0.25, 0.3) is 0 Å². The first kappa shape index (κ1) is 21.9. The number of nitrogens with one attached hydrogen (secondary N) is 2. The van der Waals surface area contributed by atoms with Gasteiger partial charge in [-0.3, -0.25) is 0 Å². The average Bonchev–Trinajstić information content (AvgIpc) is 2.71. The molecule has 0 bridgehead atoms. The van der Waals surface area contributed by atoms with Crippen molar-refractivity contribution in [1.82, 2.24) is 10.6 Å². The molecular formula is C20H21F3N4O2. The molecule has 0 saturated carbocycles. The third kappa shape index (κ3) is 6.60. The fraction of sp³-hybridized carbons (Fsp3) is 0.300. The molecule has 0 atom stereocenters. The Morgan fingerprint density at radius 3 is 2.62 bits per heavy atom. The Balaban J connectivity index is 2.18. The number of hydrogen-bond donors (Lipinski definition) is 2. The van der Waals surface area contributed by atoms with Crippen molar-refractivity contribution in [2.45, 2.75) is 26.6 Å². The molecular weight excluding hydrogens is 385 g/mol. The molecule has 2 aromatic rings. The molecule has 0 fully saturated rings. The molecule has 6 nitrogen and oxygen atoms in total. The third-order valence-electron chi connectivity index (χ3n) is 3.86. The van der Waals surface area contributed by atoms with Gasteiger partial charge < -0.3 is 20.1 Å². The zero-order chi connectivity index (χ0) is 21.2. The predicted molar refractivity (Wildman–Crippen MR) is 102 cm³/mol. The SMILES string of the molecule is CCNC(=NCc1cc(OC)ccc1OC(F)F)NCc1cc(C#N)ccc1F. The van der Waals surface area contributed by atoms with Crippen molar-refractivity contribution in [3.63, 3.8) is 0 Å². The maximum atomic E-state index is 13.9. The van der Waals surface area contributed by atoms with Crippen molar-refractivity contribution in [2.75, 3.05) is 13.7 Å². The molecule has 29 heavy (non-hydrogen) atoms. The maximum Gasteiger partial charge on any atom is 0.387 e. The lowest BCUT2D eigenvalue weighted by atomic mass is 10.1. The van der Waals surface area contributed by atoms with Gasteiger partial charge in [0.1, 0.15) is 17.3 Å². The van der Waals surface area contributed by atoms with Crippen LogP contribution in [0.4, 0.5) is 13.2 Å². The molecule has 0 spiro atoms. The van der Waals surface area contributed by atoms with E-state index in [1.807, 2.05) is 13.0 Å². The molecule has 0 heterocycles. The molecule has 0 aliphatic carbocycles. The number of benzene rings is 2. The smallest absolute Gasteiger partial charge is 0.387 e. The van der Waals surface area contributed by atoms with E-state index in [2.05, 4.69) is 20.4 Å². The van der Waals surface area contributed by atoms with Gasteiger partial charge in [-0.25, -0.2) is 9.38 Å². The van der Waals surface area contributed by atoms with E-state index in [0.717, 1.165) is 0 Å². The molecule has 2 N–H and O–H groups in total. The van der Waals surface area contributed by atoms with E-state index < -0.39 is 12.4 Å². The first-order valence-electron chi connectivity index (χ1n) is 8.79. The zero-order valence-electron chi connectivity index (χ0n) is 16.0. The summed E-state index contributed by atoms with van der Waals surface area (Å²) in [6.07, 6.45) is 0. The molecule has 0 aliphatic heterocycles. The number of rotatable bonds is 8. The van der Waals surface area contributed by atoms with Gasteiger partial charge in [-0.15, -0.1) is 0 Å². The molecule has 0 saturated heterocycles. The van der Waals surface area contributed by atoms with E-state index in [4.69, 9.17) is 10.00 Å². The highest BCUT2D eigenvalue weighted by atomic mass is 19.3. The Kier molecular flexibility index (Phi) is 8.15. The van der Waals surface area contributed by atoms with Crippen LogP contribution in [0.3, 0.4) is 0 Å². The first-order chi connectivity index (χ1) is 14.0. The number of nitriles is 1. The van der Waals surface area contributed by atoms with Crippen molar-refractivity contribution >= 4 is 5.96 Å². The van der Waals surface area contributed by atoms with Crippen LogP contribution in [-0.4, -0.2) is 26.2 Å². The molecule has 2 rings (SSSR count). The summed E-state index contributed by atoms with van der Waals surface area (Å²) < 4.78 is 48.9. The number of guanidine groups is 1. The predicted octanol–water partition coefficient (Wildman–Crippen LogP) is 3.56. The summed E-state index contributed by atoms with van der Waals surface area (Å²) >= 11 is 0. The molecule has 2 aromatic carbocycles. The van der Waals surface area contributed by atoms with Gasteiger partial charge in [-0.2, -0.15) is 14.0 Å². The fourth-order valence-corrected chi connectivity index (χ4v) is 2.48. The Bertz CT molecular complexity index is 898. The fourth-order valence-electron chi connectivity index (χ4n) is 2.48. The number of nitrogens with zero attached hydrogens (tertiary/aromatic N) is 2. The third-order valence-corrected chi connectivity index (χ3v) is 3.86. The Morgan fingerprint density at radius 1 is 1.17 bits per heavy atom. The van der Waals surface area contributed by atoms with Gasteiger partial charge in [0, 0.05) is 24.2 Å². The minimum absolute atomic E-state index is 0.00633. The van der Waals surface area contributed by atoms with Crippen LogP contribution in [0.1, 0.15) is 23.6 Å². The van der Waals surface area contributed by atoms with E-state index >= 15 is 0 Å². The number of halogens is 3. The van der Waals surface area contributed by atoms with Crippen LogP contribution in [-0.2, 0) is 13.1 Å². The quantitative estimate of drug-likeness (QED) is 0.518. The topological polar surface area (TPSA) is 78.7 Å². The second-order valence-corrected chi connectivity index (χ2v) is 5.82. The normalized spacial score (nSPS) is 11.1. The monoisotopic (exact) mass is 406 g/mol. The van der Waals surface area contributed by atoms with Gasteiger partial charge in [-0.05, 0) is 43.3 Å². The number of methoxy groups -OCH3 is 1. The number of ether oxygens (including phenoxy) is 2. The zero-order valence-corrected chi connectivity index (χ0v) is 16.0. The van der Waals surface area contributed by atoms with Crippen LogP contribution in [0, 0.1) is 17.1 Å². The Morgan fingerprint density at radius 2 is 1.97 bits per heavy atom. The summed E-state index contributed by atoms with van der Waals surface area (Å²) in [4.78, 5) is 4.34. The maximum absolute atomic E-state index is 13.9. The van der Waals surface area contributed by atoms with Gasteiger partial charge in [0.15, 0.2) is 5.96 Å². The van der Waals surface area contributed by atoms with Crippen molar-refractivity contribution in [2.24, 2.45) is 4.99 Å². The lowest BCUT2D eigenvalue weighted by Crippen LogP contribution is -2.37. The highest BCUT2D eigenvalue weighted by molar-refractivity contribution is 5.79. The summed E-state index contributed by atoms with van der Waals surface area (Å²) in [6, 6.07) is 10.5. The summed E-state index contributed by atoms with van der Waals surface area (Å²) in [5.41, 5.74) is 1.05. The van der Waals surface area contributed by atoms with E-state index in [-0.39, 0.29) is 18.8 Å². The molecule has 0 amide bonds. The second-order valence-electron chi connectivity index (χ2n) is 5.82. The molecule has 0 unspecified atom stereocenters. The second kappa shape index (κ2) is 10.8. The average molecular weight is 406 g/mol. The summed E-state index contributed by atoms with van der Waals surface area (Å²) in [6.45, 7) is -0.468. The van der Waals surface area contributed by atoms with E-state index in [1.165, 1.54) is 37.4 Å². The molecule has 0 radical (unpaired) electrons. The summed E-state index contributed by atoms with van der Waals surface area (Å²) in [7, 11) is 1.46. The van der Waals surface area contributed by atoms with E-state index in [0.29, 0.717) is 34.9 Å². The van der Waals surface area contributed by atoms with Crippen LogP contribution < -0.4 is 20.1 Å². The van der Waals surface area contributed by atoms with Gasteiger partial charge >= 0.3 is 6.61 Å². The van der Waals surface area contributed by atoms with Crippen LogP contribution in [0.5, 0.6) is 11.5 Å². The van der Waals surface area contributed by atoms with E-state index in [1.54, 1.807) is 6.07 Å². The van der Waals surface area contributed by atoms with Crippen molar-refractivity contribution in [3.8, 4) is 17.6 Å². The molecule has 0 aromatic heterocycles. The number of hydrogen-bond acceptors (Lipinski definition) is 4. The minimum atomic E-state index is -2.96. The van der Waals surface area contributed by atoms with Crippen LogP contribution >= 0.6 is 0 Å². The summed E-state index contributed by atoms with van der Waals surface area (Å²) in [5, 5.41) is 14.9. The minimum Gasteiger partial charge on any atom is -0.497 e. The highest BCUT2D eigenvalue weighted by Crippen LogP contribution is 2.26. The van der Waals surface area contributed by atoms with Crippen molar-refractivity contribution in [1.29, 1.82) is 5.26 Å². The highest BCUT2D eigenvalue weighted by Gasteiger charge is 2.11. The van der Waals surface area contributed by atoms with E-state index in [9.17, 15) is 13.2 Å². The van der Waals surface area contributed by atoms with Gasteiger partial charge in [0.05, 0.1) is 25.3 Å². The first-order valence-corrected chi connectivity index (χ1v) is 8.79.